The molecule has 1 heterocycles. The lowest BCUT2D eigenvalue weighted by Crippen LogP contribution is -2.48. The zero-order valence-corrected chi connectivity index (χ0v) is 18.6. The first-order valence-electron chi connectivity index (χ1n) is 11.4. The van der Waals surface area contributed by atoms with Crippen LogP contribution in [-0.4, -0.2) is 46.0 Å². The van der Waals surface area contributed by atoms with E-state index in [1.807, 2.05) is 18.2 Å². The van der Waals surface area contributed by atoms with Crippen molar-refractivity contribution in [2.75, 3.05) is 6.61 Å². The molecule has 9 heteroatoms. The van der Waals surface area contributed by atoms with Crippen LogP contribution in [0.1, 0.15) is 22.3 Å². The largest absolute Gasteiger partial charge is 0.456 e. The standard InChI is InChI=1S/C26H22N2O7/c29-21(16-7-4-8-19(13-16)28(33)34)14-35-26(32)20(11-15-5-2-1-3-6-15)27-24(30)22-17-9-10-18(12-17)23(22)25(27)31/h1-10,13,17-18,20,22-23H,11-12,14H2. The zero-order valence-electron chi connectivity index (χ0n) is 18.6. The second-order valence-corrected chi connectivity index (χ2v) is 9.09. The van der Waals surface area contributed by atoms with E-state index in [-0.39, 0.29) is 41.3 Å². The van der Waals surface area contributed by atoms with Crippen LogP contribution in [0.2, 0.25) is 0 Å². The first kappa shape index (κ1) is 22.6. The number of non-ortho nitro benzene ring substituents is 1. The van der Waals surface area contributed by atoms with Crippen molar-refractivity contribution in [2.24, 2.45) is 23.7 Å². The van der Waals surface area contributed by atoms with Gasteiger partial charge in [-0.15, -0.1) is 0 Å². The number of hydrogen-bond donors (Lipinski definition) is 0. The van der Waals surface area contributed by atoms with Crippen molar-refractivity contribution in [3.8, 4) is 0 Å². The lowest BCUT2D eigenvalue weighted by atomic mass is 9.85. The molecule has 1 saturated carbocycles. The van der Waals surface area contributed by atoms with E-state index in [9.17, 15) is 29.3 Å². The van der Waals surface area contributed by atoms with E-state index < -0.39 is 41.2 Å². The molecule has 178 valence electrons. The van der Waals surface area contributed by atoms with Gasteiger partial charge in [0.2, 0.25) is 17.6 Å². The number of carbonyl (C=O) groups excluding carboxylic acids is 4. The van der Waals surface area contributed by atoms with Gasteiger partial charge in [-0.25, -0.2) is 4.79 Å². The van der Waals surface area contributed by atoms with Gasteiger partial charge >= 0.3 is 5.97 Å². The monoisotopic (exact) mass is 474 g/mol. The van der Waals surface area contributed by atoms with Gasteiger partial charge in [0.05, 0.1) is 16.8 Å². The smallest absolute Gasteiger partial charge is 0.330 e. The lowest BCUT2D eigenvalue weighted by molar-refractivity contribution is -0.384. The number of ether oxygens (including phenoxy) is 1. The van der Waals surface area contributed by atoms with Gasteiger partial charge in [-0.2, -0.15) is 0 Å². The summed E-state index contributed by atoms with van der Waals surface area (Å²) < 4.78 is 5.27. The number of allylic oxidation sites excluding steroid dienone is 2. The topological polar surface area (TPSA) is 124 Å². The minimum atomic E-state index is -1.21. The van der Waals surface area contributed by atoms with Crippen LogP contribution in [0.5, 0.6) is 0 Å². The van der Waals surface area contributed by atoms with Crippen molar-refractivity contribution in [1.82, 2.24) is 4.90 Å². The van der Waals surface area contributed by atoms with Crippen LogP contribution in [0.4, 0.5) is 5.69 Å². The molecule has 5 rings (SSSR count). The number of hydrogen-bond acceptors (Lipinski definition) is 7. The maximum absolute atomic E-state index is 13.3. The normalized spacial score (nSPS) is 25.0. The maximum Gasteiger partial charge on any atom is 0.330 e. The van der Waals surface area contributed by atoms with Crippen LogP contribution in [0.15, 0.2) is 66.7 Å². The summed E-state index contributed by atoms with van der Waals surface area (Å²) >= 11 is 0. The first-order chi connectivity index (χ1) is 16.8. The Bertz CT molecular complexity index is 1230. The van der Waals surface area contributed by atoms with Gasteiger partial charge in [0.15, 0.2) is 6.61 Å². The Morgan fingerprint density at radius 2 is 1.66 bits per heavy atom. The van der Waals surface area contributed by atoms with E-state index in [1.165, 1.54) is 18.2 Å². The number of ketones is 1. The summed E-state index contributed by atoms with van der Waals surface area (Å²) in [5.41, 5.74) is 0.502. The first-order valence-corrected chi connectivity index (χ1v) is 11.4. The fourth-order valence-corrected chi connectivity index (χ4v) is 5.46. The quantitative estimate of drug-likeness (QED) is 0.144. The molecule has 0 spiro atoms. The summed E-state index contributed by atoms with van der Waals surface area (Å²) in [6, 6.07) is 12.9. The predicted molar refractivity (Wildman–Crippen MR) is 122 cm³/mol. The molecular formula is C26H22N2O7. The van der Waals surface area contributed by atoms with Crippen molar-refractivity contribution in [3.05, 3.63) is 88.0 Å². The number of nitrogens with zero attached hydrogens (tertiary/aromatic N) is 2. The molecule has 2 fully saturated rings. The Hall–Kier alpha value is -4.14. The molecule has 9 nitrogen and oxygen atoms in total. The molecule has 5 unspecified atom stereocenters. The molecule has 1 saturated heterocycles. The van der Waals surface area contributed by atoms with Crippen molar-refractivity contribution < 1.29 is 28.8 Å². The highest BCUT2D eigenvalue weighted by molar-refractivity contribution is 6.09. The second kappa shape index (κ2) is 8.90. The van der Waals surface area contributed by atoms with Gasteiger partial charge in [-0.05, 0) is 23.8 Å². The number of nitro groups is 1. The lowest BCUT2D eigenvalue weighted by Gasteiger charge is -2.26. The van der Waals surface area contributed by atoms with Crippen molar-refractivity contribution in [2.45, 2.75) is 18.9 Å². The van der Waals surface area contributed by atoms with Gasteiger partial charge < -0.3 is 4.74 Å². The van der Waals surface area contributed by atoms with Crippen LogP contribution in [0.25, 0.3) is 0 Å². The number of Topliss-reactive ketones (excluding diaryl/α,β-unsaturated/α-hetero) is 1. The van der Waals surface area contributed by atoms with Crippen LogP contribution in [0, 0.1) is 33.8 Å². The third-order valence-corrected chi connectivity index (χ3v) is 7.08. The highest BCUT2D eigenvalue weighted by atomic mass is 16.6. The van der Waals surface area contributed by atoms with E-state index in [0.29, 0.717) is 0 Å². The molecule has 0 aromatic heterocycles. The van der Waals surface area contributed by atoms with Crippen molar-refractivity contribution in [3.63, 3.8) is 0 Å². The molecule has 2 amide bonds. The molecular weight excluding hydrogens is 452 g/mol. The van der Waals surface area contributed by atoms with E-state index in [4.69, 9.17) is 4.74 Å². The average Bonchev–Trinajstić information content (AvgIpc) is 3.55. The van der Waals surface area contributed by atoms with Crippen LogP contribution < -0.4 is 0 Å². The third kappa shape index (κ3) is 4.03. The highest BCUT2D eigenvalue weighted by Crippen LogP contribution is 2.53. The zero-order chi connectivity index (χ0) is 24.7. The molecule has 2 aromatic rings. The fourth-order valence-electron chi connectivity index (χ4n) is 5.46. The number of nitro benzene ring substituents is 1. The van der Waals surface area contributed by atoms with Crippen LogP contribution in [-0.2, 0) is 25.5 Å². The van der Waals surface area contributed by atoms with E-state index >= 15 is 0 Å². The summed E-state index contributed by atoms with van der Waals surface area (Å²) in [4.78, 5) is 63.8. The number of imide groups is 1. The van der Waals surface area contributed by atoms with Gasteiger partial charge in [0.25, 0.3) is 5.69 Å². The molecule has 5 atom stereocenters. The SMILES string of the molecule is O=C(COC(=O)C(Cc1ccccc1)N1C(=O)C2C3C=CC(C3)C2C1=O)c1cccc([N+](=O)[O-])c1. The Kier molecular flexibility index (Phi) is 5.76. The van der Waals surface area contributed by atoms with Crippen molar-refractivity contribution in [1.29, 1.82) is 0 Å². The van der Waals surface area contributed by atoms with Crippen LogP contribution >= 0.6 is 0 Å². The molecule has 35 heavy (non-hydrogen) atoms. The second-order valence-electron chi connectivity index (χ2n) is 9.09. The van der Waals surface area contributed by atoms with E-state index in [0.717, 1.165) is 23.0 Å². The van der Waals surface area contributed by atoms with Crippen LogP contribution in [0.3, 0.4) is 0 Å². The van der Waals surface area contributed by atoms with Gasteiger partial charge in [-0.3, -0.25) is 29.4 Å². The van der Waals surface area contributed by atoms with E-state index in [1.54, 1.807) is 24.3 Å². The number of esters is 1. The third-order valence-electron chi connectivity index (χ3n) is 7.08. The molecule has 1 aliphatic heterocycles. The highest BCUT2D eigenvalue weighted by Gasteiger charge is 2.61. The number of fused-ring (bicyclic) bond motifs is 5. The Balaban J connectivity index is 1.36. The molecule has 2 aliphatic carbocycles. The Labute approximate surface area is 200 Å². The van der Waals surface area contributed by atoms with Gasteiger partial charge in [-0.1, -0.05) is 54.6 Å². The van der Waals surface area contributed by atoms with Crippen molar-refractivity contribution >= 4 is 29.3 Å². The summed E-state index contributed by atoms with van der Waals surface area (Å²) in [5.74, 6) is -3.18. The number of benzene rings is 2. The summed E-state index contributed by atoms with van der Waals surface area (Å²) in [6.07, 6.45) is 4.78. The number of amides is 2. The molecule has 3 aliphatic rings. The minimum absolute atomic E-state index is 0.00436. The number of carbonyl (C=O) groups is 4. The van der Waals surface area contributed by atoms with E-state index in [2.05, 4.69) is 0 Å². The molecule has 2 bridgehead atoms. The average molecular weight is 474 g/mol. The Morgan fingerprint density at radius 3 is 2.29 bits per heavy atom. The van der Waals surface area contributed by atoms with Gasteiger partial charge in [0, 0.05) is 24.1 Å². The summed E-state index contributed by atoms with van der Waals surface area (Å²) in [6.45, 7) is -0.666. The summed E-state index contributed by atoms with van der Waals surface area (Å²) in [5, 5.41) is 11.0. The number of likely N-dealkylation sites (tertiary alicyclic amines) is 1. The fraction of sp³-hybridized carbons (Fsp3) is 0.308. The molecule has 2 aromatic carbocycles. The van der Waals surface area contributed by atoms with Gasteiger partial charge in [0.1, 0.15) is 6.04 Å². The summed E-state index contributed by atoms with van der Waals surface area (Å²) in [7, 11) is 0. The maximum atomic E-state index is 13.3. The molecule has 0 N–H and O–H groups in total. The molecule has 0 radical (unpaired) electrons. The predicted octanol–water partition coefficient (Wildman–Crippen LogP) is 2.74. The minimum Gasteiger partial charge on any atom is -0.456 e. The Morgan fingerprint density at radius 1 is 1.00 bits per heavy atom. The number of rotatable bonds is 8.